The predicted octanol–water partition coefficient (Wildman–Crippen LogP) is 5.44. The maximum atomic E-state index is 14.4. The second-order valence-corrected chi connectivity index (χ2v) is 10.9. The van der Waals surface area contributed by atoms with Gasteiger partial charge in [-0.2, -0.15) is 0 Å². The summed E-state index contributed by atoms with van der Waals surface area (Å²) in [6, 6.07) is 7.00. The molecule has 0 spiro atoms. The highest BCUT2D eigenvalue weighted by Crippen LogP contribution is 2.45. The van der Waals surface area contributed by atoms with Crippen LogP contribution in [0.5, 0.6) is 0 Å². The molecule has 1 saturated heterocycles. The van der Waals surface area contributed by atoms with Crippen molar-refractivity contribution in [1.82, 2.24) is 9.88 Å². The number of benzene rings is 2. The first-order chi connectivity index (χ1) is 16.3. The first-order valence-corrected chi connectivity index (χ1v) is 12.5. The van der Waals surface area contributed by atoms with Gasteiger partial charge in [0, 0.05) is 42.6 Å². The lowest BCUT2D eigenvalue weighted by Crippen LogP contribution is -2.40. The molecule has 1 N–H and O–H groups in total. The zero-order valence-corrected chi connectivity index (χ0v) is 19.9. The van der Waals surface area contributed by atoms with Crippen molar-refractivity contribution in [3.05, 3.63) is 64.4 Å². The lowest BCUT2D eigenvalue weighted by atomic mass is 9.76. The van der Waals surface area contributed by atoms with E-state index in [4.69, 9.17) is 0 Å². The van der Waals surface area contributed by atoms with E-state index < -0.39 is 11.6 Å². The SMILES string of the molecule is CC1(C)CC(=O)N2CCc3cc(CCN4CCC(c5c[nH]c6cc(F)cc(F)c56)CC4)cc1c32. The van der Waals surface area contributed by atoms with Gasteiger partial charge >= 0.3 is 0 Å². The summed E-state index contributed by atoms with van der Waals surface area (Å²) in [6.45, 7) is 8.15. The van der Waals surface area contributed by atoms with Crippen LogP contribution in [0.2, 0.25) is 0 Å². The maximum Gasteiger partial charge on any atom is 0.227 e. The summed E-state index contributed by atoms with van der Waals surface area (Å²) in [4.78, 5) is 20.1. The third-order valence-electron chi connectivity index (χ3n) is 8.22. The number of aromatic amines is 1. The van der Waals surface area contributed by atoms with E-state index >= 15 is 0 Å². The van der Waals surface area contributed by atoms with Crippen molar-refractivity contribution in [1.29, 1.82) is 0 Å². The van der Waals surface area contributed by atoms with Crippen LogP contribution >= 0.6 is 0 Å². The molecule has 1 amide bonds. The van der Waals surface area contributed by atoms with Crippen molar-refractivity contribution in [3.8, 4) is 0 Å². The number of nitrogens with zero attached hydrogens (tertiary/aromatic N) is 2. The second-order valence-electron chi connectivity index (χ2n) is 10.9. The van der Waals surface area contributed by atoms with Crippen molar-refractivity contribution >= 4 is 22.5 Å². The molecule has 0 atom stereocenters. The van der Waals surface area contributed by atoms with Gasteiger partial charge in [0.15, 0.2) is 0 Å². The van der Waals surface area contributed by atoms with E-state index in [0.717, 1.165) is 63.5 Å². The number of aromatic nitrogens is 1. The van der Waals surface area contributed by atoms with Gasteiger partial charge in [0.25, 0.3) is 0 Å². The number of hydrogen-bond donors (Lipinski definition) is 1. The largest absolute Gasteiger partial charge is 0.361 e. The number of amides is 1. The van der Waals surface area contributed by atoms with E-state index in [2.05, 4.69) is 35.9 Å². The smallest absolute Gasteiger partial charge is 0.227 e. The minimum absolute atomic E-state index is 0.117. The van der Waals surface area contributed by atoms with Crippen molar-refractivity contribution in [3.63, 3.8) is 0 Å². The van der Waals surface area contributed by atoms with E-state index in [0.29, 0.717) is 23.2 Å². The average Bonchev–Trinajstić information content (AvgIpc) is 3.41. The van der Waals surface area contributed by atoms with Crippen molar-refractivity contribution in [2.45, 2.75) is 57.3 Å². The Morgan fingerprint density at radius 1 is 1.09 bits per heavy atom. The Morgan fingerprint density at radius 3 is 2.68 bits per heavy atom. The number of halogens is 2. The zero-order valence-electron chi connectivity index (χ0n) is 19.9. The quantitative estimate of drug-likeness (QED) is 0.560. The number of H-pyrrole nitrogens is 1. The lowest BCUT2D eigenvalue weighted by Gasteiger charge is -2.37. The molecule has 0 bridgehead atoms. The zero-order chi connectivity index (χ0) is 23.6. The van der Waals surface area contributed by atoms with Gasteiger partial charge in [0.2, 0.25) is 5.91 Å². The van der Waals surface area contributed by atoms with Gasteiger partial charge in [-0.05, 0) is 73.0 Å². The normalized spacial score (nSPS) is 20.4. The Morgan fingerprint density at radius 2 is 1.88 bits per heavy atom. The van der Waals surface area contributed by atoms with E-state index in [9.17, 15) is 13.6 Å². The molecule has 34 heavy (non-hydrogen) atoms. The Kier molecular flexibility index (Phi) is 5.07. The fraction of sp³-hybridized carbons (Fsp3) is 0.464. The highest BCUT2D eigenvalue weighted by Gasteiger charge is 2.40. The lowest BCUT2D eigenvalue weighted by molar-refractivity contribution is -0.120. The average molecular weight is 464 g/mol. The van der Waals surface area contributed by atoms with Gasteiger partial charge in [-0.25, -0.2) is 8.78 Å². The Balaban J connectivity index is 1.13. The number of piperidine rings is 1. The predicted molar refractivity (Wildman–Crippen MR) is 130 cm³/mol. The maximum absolute atomic E-state index is 14.4. The highest BCUT2D eigenvalue weighted by molar-refractivity contribution is 6.00. The summed E-state index contributed by atoms with van der Waals surface area (Å²) in [5.74, 6) is -0.472. The minimum atomic E-state index is -0.545. The van der Waals surface area contributed by atoms with Crippen LogP contribution in [0.3, 0.4) is 0 Å². The molecule has 2 aromatic carbocycles. The molecule has 1 fully saturated rings. The highest BCUT2D eigenvalue weighted by atomic mass is 19.1. The van der Waals surface area contributed by atoms with Gasteiger partial charge in [-0.15, -0.1) is 0 Å². The van der Waals surface area contributed by atoms with E-state index in [1.54, 1.807) is 0 Å². The Labute approximate surface area is 198 Å². The molecule has 0 radical (unpaired) electrons. The fourth-order valence-electron chi connectivity index (χ4n) is 6.38. The summed E-state index contributed by atoms with van der Waals surface area (Å²) in [5.41, 5.74) is 6.59. The van der Waals surface area contributed by atoms with Crippen LogP contribution in [-0.2, 0) is 23.1 Å². The molecule has 0 unspecified atom stereocenters. The van der Waals surface area contributed by atoms with Crippen LogP contribution in [-0.4, -0.2) is 42.0 Å². The molecule has 0 saturated carbocycles. The second kappa shape index (κ2) is 7.91. The number of rotatable bonds is 4. The number of likely N-dealkylation sites (tertiary alicyclic amines) is 1. The monoisotopic (exact) mass is 463 g/mol. The molecule has 1 aromatic heterocycles. The number of anilines is 1. The summed E-state index contributed by atoms with van der Waals surface area (Å²) in [5, 5.41) is 0.544. The fourth-order valence-corrected chi connectivity index (χ4v) is 6.38. The molecule has 4 nitrogen and oxygen atoms in total. The van der Waals surface area contributed by atoms with Crippen molar-refractivity contribution in [2.75, 3.05) is 31.1 Å². The van der Waals surface area contributed by atoms with Gasteiger partial charge in [-0.3, -0.25) is 4.79 Å². The van der Waals surface area contributed by atoms with Crippen molar-refractivity contribution < 1.29 is 13.6 Å². The number of nitrogens with one attached hydrogen (secondary N) is 1. The molecule has 0 aliphatic carbocycles. The van der Waals surface area contributed by atoms with Crippen LogP contribution in [0.25, 0.3) is 10.9 Å². The van der Waals surface area contributed by atoms with Crippen molar-refractivity contribution in [2.24, 2.45) is 0 Å². The molecular formula is C28H31F2N3O. The minimum Gasteiger partial charge on any atom is -0.361 e. The van der Waals surface area contributed by atoms with Gasteiger partial charge in [0.1, 0.15) is 11.6 Å². The van der Waals surface area contributed by atoms with Crippen LogP contribution in [0.1, 0.15) is 61.3 Å². The first kappa shape index (κ1) is 21.8. The topological polar surface area (TPSA) is 39.3 Å². The summed E-state index contributed by atoms with van der Waals surface area (Å²) < 4.78 is 28.0. The first-order valence-electron chi connectivity index (χ1n) is 12.5. The van der Waals surface area contributed by atoms with Crippen LogP contribution in [0, 0.1) is 11.6 Å². The molecule has 3 aromatic rings. The van der Waals surface area contributed by atoms with E-state index in [1.165, 1.54) is 28.4 Å². The van der Waals surface area contributed by atoms with Crippen LogP contribution in [0.15, 0.2) is 30.5 Å². The van der Waals surface area contributed by atoms with Crippen LogP contribution < -0.4 is 4.90 Å². The summed E-state index contributed by atoms with van der Waals surface area (Å²) in [6.07, 6.45) is 6.34. The molecule has 4 heterocycles. The van der Waals surface area contributed by atoms with E-state index in [1.807, 2.05) is 11.1 Å². The molecule has 3 aliphatic rings. The standard InChI is InChI=1S/C28H31F2N3O/c1-28(2)15-25(34)33-10-6-19-11-17(12-22(28)27(19)33)3-7-32-8-4-18(5-9-32)21-16-31-24-14-20(29)13-23(30)26(21)24/h11-14,16,18,31H,3-10,15H2,1-2H3. The van der Waals surface area contributed by atoms with Crippen LogP contribution in [0.4, 0.5) is 14.5 Å². The third-order valence-corrected chi connectivity index (χ3v) is 8.22. The third kappa shape index (κ3) is 3.54. The van der Waals surface area contributed by atoms with E-state index in [-0.39, 0.29) is 11.3 Å². The number of carbonyl (C=O) groups is 1. The summed E-state index contributed by atoms with van der Waals surface area (Å²) >= 11 is 0. The van der Waals surface area contributed by atoms with Gasteiger partial charge < -0.3 is 14.8 Å². The molecule has 6 rings (SSSR count). The Hall–Kier alpha value is -2.73. The molecule has 3 aliphatic heterocycles. The number of hydrogen-bond acceptors (Lipinski definition) is 2. The number of carbonyl (C=O) groups excluding carboxylic acids is 1. The summed E-state index contributed by atoms with van der Waals surface area (Å²) in [7, 11) is 0. The number of fused-ring (bicyclic) bond motifs is 1. The van der Waals surface area contributed by atoms with Gasteiger partial charge in [-0.1, -0.05) is 26.0 Å². The van der Waals surface area contributed by atoms with Gasteiger partial charge in [0.05, 0.1) is 11.2 Å². The Bertz CT molecular complexity index is 1290. The molecule has 6 heteroatoms. The molecular weight excluding hydrogens is 432 g/mol. The molecule has 178 valence electrons.